The minimum absolute atomic E-state index is 0.710. The molecule has 1 heteroatoms. The number of aryl methyl sites for hydroxylation is 1. The zero-order chi connectivity index (χ0) is 9.97. The summed E-state index contributed by atoms with van der Waals surface area (Å²) in [6.07, 6.45) is 1.06. The van der Waals surface area contributed by atoms with E-state index in [9.17, 15) is 0 Å². The molecule has 0 saturated carbocycles. The average Bonchev–Trinajstić information content (AvgIpc) is 2.27. The van der Waals surface area contributed by atoms with Crippen LogP contribution < -0.4 is 0 Å². The smallest absolute Gasteiger partial charge is 0.187 e. The van der Waals surface area contributed by atoms with Gasteiger partial charge in [0.1, 0.15) is 0 Å². The van der Waals surface area contributed by atoms with E-state index in [1.165, 1.54) is 10.9 Å². The molecule has 0 aliphatic carbocycles. The van der Waals surface area contributed by atoms with Crippen LogP contribution in [0.2, 0.25) is 0 Å². The largest absolute Gasteiger partial charge is 0.238 e. The monoisotopic (exact) mass is 181 g/mol. The first-order chi connectivity index (χ1) is 6.83. The highest BCUT2D eigenvalue weighted by Crippen LogP contribution is 2.22. The summed E-state index contributed by atoms with van der Waals surface area (Å²) < 4.78 is 0. The van der Waals surface area contributed by atoms with Crippen LogP contribution in [0.25, 0.3) is 15.6 Å². The van der Waals surface area contributed by atoms with Crippen molar-refractivity contribution < 1.29 is 0 Å². The van der Waals surface area contributed by atoms with Gasteiger partial charge in [-0.2, -0.15) is 0 Å². The number of hydrogen-bond acceptors (Lipinski definition) is 0. The number of nitrogens with zero attached hydrogens (tertiary/aromatic N) is 1. The second-order valence-corrected chi connectivity index (χ2v) is 3.33. The van der Waals surface area contributed by atoms with Crippen LogP contribution in [0.1, 0.15) is 12.5 Å². The summed E-state index contributed by atoms with van der Waals surface area (Å²) >= 11 is 0. The molecule has 0 aromatic heterocycles. The van der Waals surface area contributed by atoms with Crippen molar-refractivity contribution in [2.45, 2.75) is 13.3 Å². The molecule has 68 valence electrons. The second kappa shape index (κ2) is 3.51. The predicted molar refractivity (Wildman–Crippen MR) is 59.6 cm³/mol. The Hall–Kier alpha value is -1.81. The van der Waals surface area contributed by atoms with Crippen LogP contribution in [-0.4, -0.2) is 0 Å². The van der Waals surface area contributed by atoms with E-state index >= 15 is 0 Å². The second-order valence-electron chi connectivity index (χ2n) is 3.33. The highest BCUT2D eigenvalue weighted by atomic mass is 14.6. The molecule has 0 atom stereocenters. The van der Waals surface area contributed by atoms with Crippen molar-refractivity contribution in [3.8, 4) is 0 Å². The fourth-order valence-electron chi connectivity index (χ4n) is 1.57. The molecule has 0 N–H and O–H groups in total. The molecule has 2 aromatic carbocycles. The summed E-state index contributed by atoms with van der Waals surface area (Å²) in [6, 6.07) is 12.2. The highest BCUT2D eigenvalue weighted by molar-refractivity contribution is 5.86. The quantitative estimate of drug-likeness (QED) is 0.587. The topological polar surface area (TPSA) is 4.36 Å². The van der Waals surface area contributed by atoms with Crippen molar-refractivity contribution in [1.82, 2.24) is 0 Å². The summed E-state index contributed by atoms with van der Waals surface area (Å²) in [5.41, 5.74) is 2.05. The van der Waals surface area contributed by atoms with Crippen LogP contribution >= 0.6 is 0 Å². The van der Waals surface area contributed by atoms with Crippen molar-refractivity contribution in [2.75, 3.05) is 0 Å². The molecule has 0 radical (unpaired) electrons. The molecule has 1 nitrogen and oxygen atoms in total. The van der Waals surface area contributed by atoms with Crippen LogP contribution in [0.5, 0.6) is 0 Å². The van der Waals surface area contributed by atoms with Gasteiger partial charge in [-0.25, -0.2) is 4.85 Å². The van der Waals surface area contributed by atoms with E-state index in [-0.39, 0.29) is 0 Å². The Labute approximate surface area is 83.8 Å². The minimum atomic E-state index is 0.710. The first-order valence-electron chi connectivity index (χ1n) is 4.73. The molecular weight excluding hydrogens is 170 g/mol. The molecule has 0 aliphatic heterocycles. The maximum absolute atomic E-state index is 6.92. The third-order valence-electron chi connectivity index (χ3n) is 2.43. The molecule has 14 heavy (non-hydrogen) atoms. The van der Waals surface area contributed by atoms with Crippen LogP contribution in [0.4, 0.5) is 5.69 Å². The summed E-state index contributed by atoms with van der Waals surface area (Å²) in [6.45, 7) is 9.07. The van der Waals surface area contributed by atoms with E-state index in [4.69, 9.17) is 6.57 Å². The van der Waals surface area contributed by atoms with Crippen LogP contribution in [-0.2, 0) is 6.42 Å². The van der Waals surface area contributed by atoms with Gasteiger partial charge in [-0.05, 0) is 28.8 Å². The fraction of sp³-hybridized carbons (Fsp3) is 0.154. The van der Waals surface area contributed by atoms with Crippen molar-refractivity contribution in [1.29, 1.82) is 0 Å². The van der Waals surface area contributed by atoms with E-state index in [1.54, 1.807) is 0 Å². The summed E-state index contributed by atoms with van der Waals surface area (Å²) in [5.74, 6) is 0. The molecule has 0 saturated heterocycles. The zero-order valence-electron chi connectivity index (χ0n) is 8.12. The summed E-state index contributed by atoms with van der Waals surface area (Å²) in [7, 11) is 0. The van der Waals surface area contributed by atoms with E-state index in [0.29, 0.717) is 5.69 Å². The zero-order valence-corrected chi connectivity index (χ0v) is 8.12. The number of benzene rings is 2. The lowest BCUT2D eigenvalue weighted by molar-refractivity contribution is 1.15. The Balaban J connectivity index is 2.64. The molecule has 2 aromatic rings. The summed E-state index contributed by atoms with van der Waals surface area (Å²) in [5, 5.41) is 2.37. The van der Waals surface area contributed by atoms with Crippen LogP contribution in [0, 0.1) is 6.57 Å². The maximum Gasteiger partial charge on any atom is 0.187 e. The number of rotatable bonds is 1. The van der Waals surface area contributed by atoms with Gasteiger partial charge in [-0.1, -0.05) is 37.3 Å². The fourth-order valence-corrected chi connectivity index (χ4v) is 1.57. The highest BCUT2D eigenvalue weighted by Gasteiger charge is 1.96. The van der Waals surface area contributed by atoms with Crippen molar-refractivity contribution in [3.63, 3.8) is 0 Å². The Morgan fingerprint density at radius 1 is 1.07 bits per heavy atom. The lowest BCUT2D eigenvalue weighted by Gasteiger charge is -2.01. The van der Waals surface area contributed by atoms with E-state index in [1.807, 2.05) is 18.2 Å². The van der Waals surface area contributed by atoms with Crippen LogP contribution in [0.3, 0.4) is 0 Å². The van der Waals surface area contributed by atoms with Crippen molar-refractivity contribution >= 4 is 16.5 Å². The van der Waals surface area contributed by atoms with Gasteiger partial charge in [0.2, 0.25) is 0 Å². The molecule has 0 bridgehead atoms. The predicted octanol–water partition coefficient (Wildman–Crippen LogP) is 3.95. The Morgan fingerprint density at radius 2 is 1.79 bits per heavy atom. The summed E-state index contributed by atoms with van der Waals surface area (Å²) in [4.78, 5) is 3.41. The first kappa shape index (κ1) is 8.77. The lowest BCUT2D eigenvalue weighted by Crippen LogP contribution is -1.79. The van der Waals surface area contributed by atoms with Gasteiger partial charge in [0.15, 0.2) is 5.69 Å². The van der Waals surface area contributed by atoms with E-state index in [0.717, 1.165) is 11.8 Å². The van der Waals surface area contributed by atoms with Gasteiger partial charge in [0, 0.05) is 0 Å². The normalized spacial score (nSPS) is 10.0. The average molecular weight is 181 g/mol. The number of fused-ring (bicyclic) bond motifs is 1. The SMILES string of the molecule is [C-]#[N+]c1ccc2cc(CC)ccc2c1. The van der Waals surface area contributed by atoms with Gasteiger partial charge < -0.3 is 0 Å². The van der Waals surface area contributed by atoms with Gasteiger partial charge in [-0.3, -0.25) is 0 Å². The van der Waals surface area contributed by atoms with Crippen molar-refractivity contribution in [3.05, 3.63) is 53.4 Å². The van der Waals surface area contributed by atoms with Gasteiger partial charge in [0.25, 0.3) is 0 Å². The molecular formula is C13H11N. The molecule has 2 rings (SSSR count). The minimum Gasteiger partial charge on any atom is -0.238 e. The maximum atomic E-state index is 6.92. The van der Waals surface area contributed by atoms with Gasteiger partial charge in [0.05, 0.1) is 6.57 Å². The Morgan fingerprint density at radius 3 is 2.50 bits per heavy atom. The van der Waals surface area contributed by atoms with Gasteiger partial charge >= 0.3 is 0 Å². The van der Waals surface area contributed by atoms with Crippen LogP contribution in [0.15, 0.2) is 36.4 Å². The molecule has 0 spiro atoms. The van der Waals surface area contributed by atoms with Crippen molar-refractivity contribution in [2.24, 2.45) is 0 Å². The van der Waals surface area contributed by atoms with Gasteiger partial charge in [-0.15, -0.1) is 0 Å². The van der Waals surface area contributed by atoms with E-state index < -0.39 is 0 Å². The Kier molecular flexibility index (Phi) is 2.20. The molecule has 0 fully saturated rings. The molecule has 0 aliphatic rings. The Bertz CT molecular complexity index is 506. The first-order valence-corrected chi connectivity index (χ1v) is 4.73. The molecule has 0 unspecified atom stereocenters. The lowest BCUT2D eigenvalue weighted by atomic mass is 10.1. The standard InChI is InChI=1S/C13H11N/c1-3-10-4-5-12-9-13(14-2)7-6-11(12)8-10/h4-9H,3H2,1H3. The third kappa shape index (κ3) is 1.47. The van der Waals surface area contributed by atoms with E-state index in [2.05, 4.69) is 30.0 Å². The molecule has 0 amide bonds. The molecule has 0 heterocycles. The third-order valence-corrected chi connectivity index (χ3v) is 2.43. The number of hydrogen-bond donors (Lipinski definition) is 0.